The first-order chi connectivity index (χ1) is 17.8. The maximum Gasteiger partial charge on any atom is 0.264 e. The first-order valence-corrected chi connectivity index (χ1v) is 14.6. The van der Waals surface area contributed by atoms with E-state index in [0.717, 1.165) is 22.7 Å². The van der Waals surface area contributed by atoms with Gasteiger partial charge in [-0.25, -0.2) is 8.42 Å². The molecule has 0 saturated carbocycles. The number of aryl methyl sites for hydroxylation is 2. The Kier molecular flexibility index (Phi) is 8.77. The van der Waals surface area contributed by atoms with Gasteiger partial charge in [0.15, 0.2) is 0 Å². The van der Waals surface area contributed by atoms with Gasteiger partial charge in [0.05, 0.1) is 23.2 Å². The smallest absolute Gasteiger partial charge is 0.264 e. The van der Waals surface area contributed by atoms with Crippen LogP contribution in [0.15, 0.2) is 71.6 Å². The third-order valence-electron chi connectivity index (χ3n) is 6.64. The number of hydrogen-bond acceptors (Lipinski definition) is 4. The lowest BCUT2D eigenvalue weighted by Gasteiger charge is -2.26. The average Bonchev–Trinajstić information content (AvgIpc) is 2.91. The van der Waals surface area contributed by atoms with E-state index in [1.54, 1.807) is 24.3 Å². The van der Waals surface area contributed by atoms with Gasteiger partial charge in [-0.05, 0) is 104 Å². The van der Waals surface area contributed by atoms with E-state index < -0.39 is 10.0 Å². The molecule has 1 atom stereocenters. The molecular weight excluding hydrogens is 508 g/mol. The van der Waals surface area contributed by atoms with Gasteiger partial charge in [0.1, 0.15) is 12.3 Å². The Morgan fingerprint density at radius 1 is 0.973 bits per heavy atom. The van der Waals surface area contributed by atoms with E-state index in [0.29, 0.717) is 29.5 Å². The Morgan fingerprint density at radius 2 is 1.65 bits per heavy atom. The molecule has 1 unspecified atom stereocenters. The quantitative estimate of drug-likeness (QED) is 0.338. The molecule has 1 N–H and O–H groups in total. The summed E-state index contributed by atoms with van der Waals surface area (Å²) in [5.74, 6) is 0.244. The van der Waals surface area contributed by atoms with E-state index in [4.69, 9.17) is 16.3 Å². The van der Waals surface area contributed by atoms with Crippen molar-refractivity contribution in [2.75, 3.05) is 17.5 Å². The van der Waals surface area contributed by atoms with Crippen LogP contribution in [0, 0.1) is 0 Å². The molecule has 6 nitrogen and oxygen atoms in total. The summed E-state index contributed by atoms with van der Waals surface area (Å²) in [5, 5.41) is 3.49. The highest BCUT2D eigenvalue weighted by Crippen LogP contribution is 2.28. The lowest BCUT2D eigenvalue weighted by atomic mass is 9.89. The van der Waals surface area contributed by atoms with Gasteiger partial charge in [0, 0.05) is 5.02 Å². The van der Waals surface area contributed by atoms with Crippen molar-refractivity contribution in [3.05, 3.63) is 88.4 Å². The third-order valence-corrected chi connectivity index (χ3v) is 8.68. The molecule has 37 heavy (non-hydrogen) atoms. The highest BCUT2D eigenvalue weighted by molar-refractivity contribution is 7.92. The van der Waals surface area contributed by atoms with Crippen LogP contribution in [0.25, 0.3) is 0 Å². The lowest BCUT2D eigenvalue weighted by molar-refractivity contribution is -0.120. The standard InChI is InChI=1S/C29H33ClN2O4S/c1-3-28(23-10-9-21-7-5-6-8-22(21)19-23)31-29(33)20-32(25-13-15-26(16-14-25)36-4-2)37(34,35)27-17-11-24(30)12-18-27/h9-19,28H,3-8,20H2,1-2H3,(H,31,33). The van der Waals surface area contributed by atoms with Gasteiger partial charge in [-0.1, -0.05) is 36.7 Å². The summed E-state index contributed by atoms with van der Waals surface area (Å²) in [5.41, 5.74) is 4.14. The number of rotatable bonds is 10. The molecular formula is C29H33ClN2O4S. The fraction of sp³-hybridized carbons (Fsp3) is 0.345. The molecule has 0 aromatic heterocycles. The minimum atomic E-state index is -4.04. The van der Waals surface area contributed by atoms with E-state index in [9.17, 15) is 13.2 Å². The molecule has 0 heterocycles. The number of benzene rings is 3. The zero-order valence-electron chi connectivity index (χ0n) is 21.2. The maximum absolute atomic E-state index is 13.6. The molecule has 1 amide bonds. The van der Waals surface area contributed by atoms with Crippen LogP contribution in [-0.2, 0) is 27.7 Å². The molecule has 0 bridgehead atoms. The fourth-order valence-corrected chi connectivity index (χ4v) is 6.23. The molecule has 0 saturated heterocycles. The van der Waals surface area contributed by atoms with Crippen LogP contribution < -0.4 is 14.4 Å². The van der Waals surface area contributed by atoms with Gasteiger partial charge in [-0.2, -0.15) is 0 Å². The molecule has 3 aromatic rings. The number of ether oxygens (including phenoxy) is 1. The molecule has 1 aliphatic rings. The highest BCUT2D eigenvalue weighted by Gasteiger charge is 2.28. The van der Waals surface area contributed by atoms with Crippen molar-refractivity contribution in [2.24, 2.45) is 0 Å². The number of nitrogens with one attached hydrogen (secondary N) is 1. The lowest BCUT2D eigenvalue weighted by Crippen LogP contribution is -2.42. The predicted octanol–water partition coefficient (Wildman–Crippen LogP) is 6.08. The summed E-state index contributed by atoms with van der Waals surface area (Å²) in [6.45, 7) is 4.03. The second kappa shape index (κ2) is 12.0. The van der Waals surface area contributed by atoms with Crippen molar-refractivity contribution < 1.29 is 17.9 Å². The van der Waals surface area contributed by atoms with E-state index in [-0.39, 0.29) is 23.4 Å². The Balaban J connectivity index is 1.59. The van der Waals surface area contributed by atoms with Crippen LogP contribution in [0.5, 0.6) is 5.75 Å². The van der Waals surface area contributed by atoms with Gasteiger partial charge in [0.2, 0.25) is 5.91 Å². The molecule has 8 heteroatoms. The first-order valence-electron chi connectivity index (χ1n) is 12.7. The van der Waals surface area contributed by atoms with Crippen molar-refractivity contribution >= 4 is 33.2 Å². The van der Waals surface area contributed by atoms with Crippen LogP contribution in [0.2, 0.25) is 5.02 Å². The normalized spacial score (nSPS) is 13.9. The Hall–Kier alpha value is -3.03. The van der Waals surface area contributed by atoms with Crippen LogP contribution in [0.3, 0.4) is 0 Å². The number of anilines is 1. The molecule has 0 aliphatic heterocycles. The predicted molar refractivity (Wildman–Crippen MR) is 148 cm³/mol. The SMILES string of the molecule is CCOc1ccc(N(CC(=O)NC(CC)c2ccc3c(c2)CCCC3)S(=O)(=O)c2ccc(Cl)cc2)cc1. The number of sulfonamides is 1. The summed E-state index contributed by atoms with van der Waals surface area (Å²) < 4.78 is 33.9. The van der Waals surface area contributed by atoms with Crippen molar-refractivity contribution in [2.45, 2.75) is 56.9 Å². The van der Waals surface area contributed by atoms with Gasteiger partial charge in [-0.15, -0.1) is 0 Å². The number of carbonyl (C=O) groups is 1. The molecule has 0 fully saturated rings. The van der Waals surface area contributed by atoms with Crippen molar-refractivity contribution in [1.82, 2.24) is 5.32 Å². The van der Waals surface area contributed by atoms with E-state index in [1.807, 2.05) is 13.8 Å². The first kappa shape index (κ1) is 27.0. The van der Waals surface area contributed by atoms with Crippen molar-refractivity contribution in [3.63, 3.8) is 0 Å². The zero-order valence-corrected chi connectivity index (χ0v) is 22.8. The highest BCUT2D eigenvalue weighted by atomic mass is 35.5. The Labute approximate surface area is 224 Å². The van der Waals surface area contributed by atoms with E-state index >= 15 is 0 Å². The van der Waals surface area contributed by atoms with Crippen molar-refractivity contribution in [1.29, 1.82) is 0 Å². The molecule has 1 aliphatic carbocycles. The van der Waals surface area contributed by atoms with Gasteiger partial charge in [0.25, 0.3) is 10.0 Å². The number of fused-ring (bicyclic) bond motifs is 1. The van der Waals surface area contributed by atoms with Gasteiger partial charge >= 0.3 is 0 Å². The zero-order chi connectivity index (χ0) is 26.4. The molecule has 4 rings (SSSR count). The van der Waals surface area contributed by atoms with Crippen LogP contribution in [0.1, 0.15) is 55.8 Å². The van der Waals surface area contributed by atoms with Gasteiger partial charge < -0.3 is 10.1 Å². The summed E-state index contributed by atoms with van der Waals surface area (Å²) in [7, 11) is -4.04. The van der Waals surface area contributed by atoms with Crippen molar-refractivity contribution in [3.8, 4) is 5.75 Å². The number of halogens is 1. The van der Waals surface area contributed by atoms with E-state index in [2.05, 4.69) is 23.5 Å². The molecule has 196 valence electrons. The number of hydrogen-bond donors (Lipinski definition) is 1. The minimum Gasteiger partial charge on any atom is -0.494 e. The average molecular weight is 541 g/mol. The molecule has 3 aromatic carbocycles. The second-order valence-electron chi connectivity index (χ2n) is 9.16. The van der Waals surface area contributed by atoms with Gasteiger partial charge in [-0.3, -0.25) is 9.10 Å². The fourth-order valence-electron chi connectivity index (χ4n) is 4.69. The van der Waals surface area contributed by atoms with Crippen LogP contribution in [-0.4, -0.2) is 27.5 Å². The molecule has 0 radical (unpaired) electrons. The Morgan fingerprint density at radius 3 is 2.30 bits per heavy atom. The summed E-state index contributed by atoms with van der Waals surface area (Å²) in [4.78, 5) is 13.4. The topological polar surface area (TPSA) is 75.7 Å². The Bertz CT molecular complexity index is 1330. The number of nitrogens with zero attached hydrogens (tertiary/aromatic N) is 1. The third kappa shape index (κ3) is 6.46. The molecule has 0 spiro atoms. The summed E-state index contributed by atoms with van der Waals surface area (Å²) >= 11 is 5.98. The largest absolute Gasteiger partial charge is 0.494 e. The number of carbonyl (C=O) groups excluding carboxylic acids is 1. The maximum atomic E-state index is 13.6. The minimum absolute atomic E-state index is 0.0558. The monoisotopic (exact) mass is 540 g/mol. The second-order valence-corrected chi connectivity index (χ2v) is 11.5. The summed E-state index contributed by atoms with van der Waals surface area (Å²) in [6, 6.07) is 18.8. The van der Waals surface area contributed by atoms with Crippen LogP contribution in [0.4, 0.5) is 5.69 Å². The van der Waals surface area contributed by atoms with E-state index in [1.165, 1.54) is 48.2 Å². The van der Waals surface area contributed by atoms with Crippen LogP contribution >= 0.6 is 11.6 Å². The number of amides is 1. The summed E-state index contributed by atoms with van der Waals surface area (Å²) in [6.07, 6.45) is 5.23.